The standard InChI is InChI=1S/C47H29N7/c1-7-21-42-31(13-1)32-14-2-8-22-43(32)53(42)46-25-11-19-37(51-46)39-27-30(41-29-48-35-17-5-6-18-36(35)49-41)28-40(50-39)38-20-12-26-47(52-38)54-44-23-9-3-15-33(44)34-16-4-10-24-45(34)54/h1-29H. The Hall–Kier alpha value is -7.51. The number of nitrogens with zero attached hydrogens (tertiary/aromatic N) is 7. The van der Waals surface area contributed by atoms with E-state index in [2.05, 4.69) is 130 Å². The summed E-state index contributed by atoms with van der Waals surface area (Å²) in [5, 5.41) is 4.75. The highest BCUT2D eigenvalue weighted by atomic mass is 15.1. The van der Waals surface area contributed by atoms with Crippen LogP contribution in [0.1, 0.15) is 0 Å². The van der Waals surface area contributed by atoms with E-state index in [9.17, 15) is 0 Å². The summed E-state index contributed by atoms with van der Waals surface area (Å²) in [5.41, 5.74) is 10.6. The lowest BCUT2D eigenvalue weighted by Gasteiger charge is -2.13. The van der Waals surface area contributed by atoms with Crippen LogP contribution in [0.25, 0.3) is 100 Å². The van der Waals surface area contributed by atoms with Gasteiger partial charge in [0.05, 0.1) is 67.8 Å². The molecule has 0 N–H and O–H groups in total. The van der Waals surface area contributed by atoms with Gasteiger partial charge in [-0.2, -0.15) is 0 Å². The predicted octanol–water partition coefficient (Wildman–Crippen LogP) is 11.0. The minimum Gasteiger partial charge on any atom is -0.294 e. The Kier molecular flexibility index (Phi) is 6.72. The van der Waals surface area contributed by atoms with E-state index in [1.807, 2.05) is 54.7 Å². The summed E-state index contributed by atoms with van der Waals surface area (Å²) in [6.07, 6.45) is 1.83. The molecule has 0 saturated carbocycles. The fourth-order valence-electron chi connectivity index (χ4n) is 7.76. The lowest BCUT2D eigenvalue weighted by molar-refractivity contribution is 1.07. The Bertz CT molecular complexity index is 2970. The molecule has 6 aromatic heterocycles. The molecule has 0 unspecified atom stereocenters. The molecular weight excluding hydrogens is 663 g/mol. The number of rotatable bonds is 5. The highest BCUT2D eigenvalue weighted by Gasteiger charge is 2.18. The van der Waals surface area contributed by atoms with Crippen LogP contribution < -0.4 is 0 Å². The molecule has 54 heavy (non-hydrogen) atoms. The van der Waals surface area contributed by atoms with Crippen molar-refractivity contribution in [2.75, 3.05) is 0 Å². The van der Waals surface area contributed by atoms with Crippen molar-refractivity contribution in [2.24, 2.45) is 0 Å². The number of aromatic nitrogens is 7. The van der Waals surface area contributed by atoms with Crippen molar-refractivity contribution in [3.8, 4) is 45.7 Å². The van der Waals surface area contributed by atoms with Crippen molar-refractivity contribution in [1.82, 2.24) is 34.1 Å². The number of para-hydroxylation sites is 6. The van der Waals surface area contributed by atoms with E-state index in [1.54, 1.807) is 0 Å². The van der Waals surface area contributed by atoms with Crippen LogP contribution in [0.2, 0.25) is 0 Å². The third-order valence-corrected chi connectivity index (χ3v) is 10.2. The summed E-state index contributed by atoms with van der Waals surface area (Å²) < 4.78 is 4.45. The second-order valence-corrected chi connectivity index (χ2v) is 13.4. The first-order valence-corrected chi connectivity index (χ1v) is 17.9. The van der Waals surface area contributed by atoms with Crippen LogP contribution >= 0.6 is 0 Å². The van der Waals surface area contributed by atoms with E-state index in [1.165, 1.54) is 21.5 Å². The highest BCUT2D eigenvalue weighted by molar-refractivity contribution is 6.10. The van der Waals surface area contributed by atoms with Gasteiger partial charge in [-0.15, -0.1) is 0 Å². The molecule has 0 fully saturated rings. The molecule has 5 aromatic carbocycles. The quantitative estimate of drug-likeness (QED) is 0.180. The number of hydrogen-bond donors (Lipinski definition) is 0. The molecule has 0 atom stereocenters. The Morgan fingerprint density at radius 3 is 1.22 bits per heavy atom. The third-order valence-electron chi connectivity index (χ3n) is 10.2. The van der Waals surface area contributed by atoms with Gasteiger partial charge in [0.25, 0.3) is 0 Å². The molecule has 252 valence electrons. The van der Waals surface area contributed by atoms with Gasteiger partial charge >= 0.3 is 0 Å². The van der Waals surface area contributed by atoms with Gasteiger partial charge in [-0.1, -0.05) is 97.1 Å². The SMILES string of the molecule is c1cc(-c2cc(-c3cnc4ccccc4n3)cc(-c3cccc(-n4c5ccccc5c5ccccc54)n3)n2)nc(-n2c3ccccc3c3ccccc32)c1. The molecular formula is C47H29N7. The second kappa shape index (κ2) is 12.0. The van der Waals surface area contributed by atoms with Gasteiger partial charge in [-0.25, -0.2) is 19.9 Å². The molecule has 0 saturated heterocycles. The van der Waals surface area contributed by atoms with Crippen LogP contribution in [-0.2, 0) is 0 Å². The lowest BCUT2D eigenvalue weighted by atomic mass is 10.1. The van der Waals surface area contributed by atoms with Crippen LogP contribution in [0.4, 0.5) is 0 Å². The maximum atomic E-state index is 5.27. The van der Waals surface area contributed by atoms with Gasteiger partial charge in [0.1, 0.15) is 11.6 Å². The molecule has 0 aliphatic rings. The Labute approximate surface area is 309 Å². The molecule has 11 aromatic rings. The van der Waals surface area contributed by atoms with Crippen molar-refractivity contribution >= 4 is 54.6 Å². The van der Waals surface area contributed by atoms with Gasteiger partial charge in [-0.05, 0) is 72.8 Å². The maximum absolute atomic E-state index is 5.27. The van der Waals surface area contributed by atoms with E-state index in [-0.39, 0.29) is 0 Å². The molecule has 0 aliphatic heterocycles. The van der Waals surface area contributed by atoms with E-state index in [0.717, 1.165) is 67.4 Å². The summed E-state index contributed by atoms with van der Waals surface area (Å²) in [7, 11) is 0. The molecule has 7 nitrogen and oxygen atoms in total. The molecule has 6 heterocycles. The lowest BCUT2D eigenvalue weighted by Crippen LogP contribution is -2.01. The van der Waals surface area contributed by atoms with Crippen molar-refractivity contribution in [1.29, 1.82) is 0 Å². The van der Waals surface area contributed by atoms with E-state index in [4.69, 9.17) is 24.9 Å². The fourth-order valence-corrected chi connectivity index (χ4v) is 7.76. The summed E-state index contributed by atoms with van der Waals surface area (Å²) in [6.45, 7) is 0. The average Bonchev–Trinajstić information content (AvgIpc) is 3.77. The van der Waals surface area contributed by atoms with Gasteiger partial charge < -0.3 is 0 Å². The molecule has 0 amide bonds. The molecule has 7 heteroatoms. The summed E-state index contributed by atoms with van der Waals surface area (Å²) in [4.78, 5) is 25.6. The van der Waals surface area contributed by atoms with Crippen molar-refractivity contribution < 1.29 is 0 Å². The summed E-state index contributed by atoms with van der Waals surface area (Å²) >= 11 is 0. The van der Waals surface area contributed by atoms with Gasteiger partial charge in [-0.3, -0.25) is 14.1 Å². The first kappa shape index (κ1) is 30.1. The van der Waals surface area contributed by atoms with Gasteiger partial charge in [0.15, 0.2) is 0 Å². The summed E-state index contributed by atoms with van der Waals surface area (Å²) in [6, 6.07) is 58.2. The Balaban J connectivity index is 1.11. The van der Waals surface area contributed by atoms with Crippen LogP contribution in [0.3, 0.4) is 0 Å². The van der Waals surface area contributed by atoms with Gasteiger partial charge in [0, 0.05) is 27.1 Å². The van der Waals surface area contributed by atoms with E-state index >= 15 is 0 Å². The normalized spacial score (nSPS) is 11.7. The minimum absolute atomic E-state index is 0.712. The number of benzene rings is 5. The molecule has 0 radical (unpaired) electrons. The number of pyridine rings is 3. The maximum Gasteiger partial charge on any atom is 0.138 e. The van der Waals surface area contributed by atoms with Crippen LogP contribution in [0, 0.1) is 0 Å². The number of hydrogen-bond acceptors (Lipinski definition) is 5. The monoisotopic (exact) mass is 691 g/mol. The van der Waals surface area contributed by atoms with Crippen LogP contribution in [-0.4, -0.2) is 34.1 Å². The van der Waals surface area contributed by atoms with E-state index in [0.29, 0.717) is 11.4 Å². The number of fused-ring (bicyclic) bond motifs is 7. The zero-order chi connectivity index (χ0) is 35.6. The Morgan fingerprint density at radius 1 is 0.315 bits per heavy atom. The highest BCUT2D eigenvalue weighted by Crippen LogP contribution is 2.35. The van der Waals surface area contributed by atoms with Crippen molar-refractivity contribution in [3.05, 3.63) is 176 Å². The topological polar surface area (TPSA) is 74.3 Å². The summed E-state index contributed by atoms with van der Waals surface area (Å²) in [5.74, 6) is 1.63. The predicted molar refractivity (Wildman–Crippen MR) is 218 cm³/mol. The molecule has 0 spiro atoms. The fraction of sp³-hybridized carbons (Fsp3) is 0. The van der Waals surface area contributed by atoms with Crippen LogP contribution in [0.5, 0.6) is 0 Å². The van der Waals surface area contributed by atoms with Crippen molar-refractivity contribution in [3.63, 3.8) is 0 Å². The smallest absolute Gasteiger partial charge is 0.138 e. The largest absolute Gasteiger partial charge is 0.294 e. The molecule has 0 bridgehead atoms. The zero-order valence-electron chi connectivity index (χ0n) is 28.9. The Morgan fingerprint density at radius 2 is 0.741 bits per heavy atom. The first-order chi connectivity index (χ1) is 26.8. The van der Waals surface area contributed by atoms with Gasteiger partial charge in [0.2, 0.25) is 0 Å². The minimum atomic E-state index is 0.712. The average molecular weight is 692 g/mol. The molecule has 0 aliphatic carbocycles. The zero-order valence-corrected chi connectivity index (χ0v) is 28.9. The first-order valence-electron chi connectivity index (χ1n) is 17.9. The third kappa shape index (κ3) is 4.79. The van der Waals surface area contributed by atoms with E-state index < -0.39 is 0 Å². The molecule has 11 rings (SSSR count). The van der Waals surface area contributed by atoms with Crippen LogP contribution in [0.15, 0.2) is 176 Å². The second-order valence-electron chi connectivity index (χ2n) is 13.4. The van der Waals surface area contributed by atoms with Crippen molar-refractivity contribution in [2.45, 2.75) is 0 Å².